The number of carbonyl (C=O) groups is 1. The highest BCUT2D eigenvalue weighted by molar-refractivity contribution is 9.10. The van der Waals surface area contributed by atoms with Crippen molar-refractivity contribution in [2.24, 2.45) is 0 Å². The zero-order valence-electron chi connectivity index (χ0n) is 16.5. The number of pyridine rings is 1. The number of benzene rings is 1. The van der Waals surface area contributed by atoms with Gasteiger partial charge in [0.1, 0.15) is 5.82 Å². The third-order valence-electron chi connectivity index (χ3n) is 4.61. The van der Waals surface area contributed by atoms with Crippen molar-refractivity contribution in [2.45, 2.75) is 6.92 Å². The van der Waals surface area contributed by atoms with Gasteiger partial charge in [-0.3, -0.25) is 4.79 Å². The Balaban J connectivity index is 1.59. The molecule has 2 aromatic rings. The summed E-state index contributed by atoms with van der Waals surface area (Å²) in [4.78, 5) is 20.7. The third-order valence-corrected chi connectivity index (χ3v) is 5.20. The summed E-state index contributed by atoms with van der Waals surface area (Å²) < 4.78 is 11.9. The molecule has 0 unspecified atom stereocenters. The Kier molecular flexibility index (Phi) is 7.10. The van der Waals surface area contributed by atoms with Crippen molar-refractivity contribution < 1.29 is 14.3 Å². The summed E-state index contributed by atoms with van der Waals surface area (Å²) in [5, 5.41) is 18.2. The summed E-state index contributed by atoms with van der Waals surface area (Å²) in [5.74, 6) is 1.43. The van der Waals surface area contributed by atoms with E-state index in [1.54, 1.807) is 35.4 Å². The van der Waals surface area contributed by atoms with Crippen LogP contribution in [0.5, 0.6) is 11.5 Å². The summed E-state index contributed by atoms with van der Waals surface area (Å²) in [7, 11) is 0. The second-order valence-corrected chi connectivity index (χ2v) is 7.36. The Morgan fingerprint density at radius 1 is 1.13 bits per heavy atom. The van der Waals surface area contributed by atoms with Gasteiger partial charge in [-0.05, 0) is 41.1 Å². The summed E-state index contributed by atoms with van der Waals surface area (Å²) in [6.45, 7) is 4.43. The van der Waals surface area contributed by atoms with Gasteiger partial charge in [0, 0.05) is 38.4 Å². The van der Waals surface area contributed by atoms with Crippen molar-refractivity contribution in [2.75, 3.05) is 44.3 Å². The van der Waals surface area contributed by atoms with Crippen molar-refractivity contribution >= 4 is 27.7 Å². The van der Waals surface area contributed by atoms with Crippen LogP contribution in [0, 0.1) is 22.7 Å². The highest BCUT2D eigenvalue weighted by atomic mass is 79.9. The number of hydrogen-bond donors (Lipinski definition) is 0. The van der Waals surface area contributed by atoms with E-state index < -0.39 is 0 Å². The molecule has 1 aromatic carbocycles. The van der Waals surface area contributed by atoms with Gasteiger partial charge in [0.15, 0.2) is 18.1 Å². The van der Waals surface area contributed by atoms with E-state index in [9.17, 15) is 4.79 Å². The van der Waals surface area contributed by atoms with Crippen LogP contribution in [-0.4, -0.2) is 55.2 Å². The zero-order chi connectivity index (χ0) is 21.5. The number of ether oxygens (including phenoxy) is 2. The molecule has 0 spiro atoms. The molecule has 0 aliphatic carbocycles. The third kappa shape index (κ3) is 5.00. The lowest BCUT2D eigenvalue weighted by atomic mass is 10.2. The molecule has 0 radical (unpaired) electrons. The number of rotatable bonds is 6. The smallest absolute Gasteiger partial charge is 0.260 e. The summed E-state index contributed by atoms with van der Waals surface area (Å²) in [5.41, 5.74) is 0.999. The quantitative estimate of drug-likeness (QED) is 0.640. The monoisotopic (exact) mass is 469 g/mol. The SMILES string of the molecule is CCOc1cc(C#N)cc(Br)c1OCC(=O)N1CCN(c2cc(C#N)ccn2)CC1. The predicted molar refractivity (Wildman–Crippen MR) is 113 cm³/mol. The maximum Gasteiger partial charge on any atom is 0.260 e. The standard InChI is InChI=1S/C21H20BrN5O3/c1-2-29-18-10-16(13-24)9-17(22)21(18)30-14-20(28)27-7-5-26(6-8-27)19-11-15(12-23)3-4-25-19/h3-4,9-11H,2,5-8,14H2,1H3. The van der Waals surface area contributed by atoms with Gasteiger partial charge in [-0.2, -0.15) is 10.5 Å². The van der Waals surface area contributed by atoms with Gasteiger partial charge in [0.05, 0.1) is 34.3 Å². The minimum absolute atomic E-state index is 0.132. The number of nitrogens with zero attached hydrogens (tertiary/aromatic N) is 5. The Morgan fingerprint density at radius 3 is 2.53 bits per heavy atom. The zero-order valence-corrected chi connectivity index (χ0v) is 18.1. The molecule has 9 heteroatoms. The Morgan fingerprint density at radius 2 is 1.87 bits per heavy atom. The first-order valence-corrected chi connectivity index (χ1v) is 10.2. The lowest BCUT2D eigenvalue weighted by molar-refractivity contribution is -0.133. The Hall–Kier alpha value is -3.30. The molecule has 1 aliphatic heterocycles. The molecule has 0 saturated carbocycles. The predicted octanol–water partition coefficient (Wildman–Crippen LogP) is 2.71. The molecule has 30 heavy (non-hydrogen) atoms. The lowest BCUT2D eigenvalue weighted by Crippen LogP contribution is -2.50. The fourth-order valence-electron chi connectivity index (χ4n) is 3.11. The first kappa shape index (κ1) is 21.4. The molecule has 1 amide bonds. The lowest BCUT2D eigenvalue weighted by Gasteiger charge is -2.35. The number of amides is 1. The Bertz CT molecular complexity index is 1010. The van der Waals surface area contributed by atoms with Gasteiger partial charge in [-0.25, -0.2) is 4.98 Å². The largest absolute Gasteiger partial charge is 0.490 e. The van der Waals surface area contributed by atoms with Crippen molar-refractivity contribution in [1.82, 2.24) is 9.88 Å². The van der Waals surface area contributed by atoms with Crippen LogP contribution in [-0.2, 0) is 4.79 Å². The topological polar surface area (TPSA) is 102 Å². The fourth-order valence-corrected chi connectivity index (χ4v) is 3.66. The van der Waals surface area contributed by atoms with E-state index in [1.165, 1.54) is 0 Å². The van der Waals surface area contributed by atoms with Crippen LogP contribution < -0.4 is 14.4 Å². The van der Waals surface area contributed by atoms with E-state index in [-0.39, 0.29) is 12.5 Å². The normalized spacial score (nSPS) is 13.3. The summed E-state index contributed by atoms with van der Waals surface area (Å²) in [6.07, 6.45) is 1.62. The molecule has 1 aromatic heterocycles. The van der Waals surface area contributed by atoms with Crippen molar-refractivity contribution in [1.29, 1.82) is 10.5 Å². The molecule has 0 bridgehead atoms. The molecule has 0 atom stereocenters. The molecule has 154 valence electrons. The molecule has 3 rings (SSSR count). The van der Waals surface area contributed by atoms with Crippen molar-refractivity contribution in [3.05, 3.63) is 46.1 Å². The van der Waals surface area contributed by atoms with Crippen LogP contribution in [0.25, 0.3) is 0 Å². The highest BCUT2D eigenvalue weighted by Gasteiger charge is 2.23. The van der Waals surface area contributed by atoms with Gasteiger partial charge >= 0.3 is 0 Å². The van der Waals surface area contributed by atoms with Gasteiger partial charge in [-0.15, -0.1) is 0 Å². The average molecular weight is 470 g/mol. The van der Waals surface area contributed by atoms with Gasteiger partial charge in [0.25, 0.3) is 5.91 Å². The summed E-state index contributed by atoms with van der Waals surface area (Å²) >= 11 is 3.38. The molecule has 2 heterocycles. The van der Waals surface area contributed by atoms with E-state index in [4.69, 9.17) is 20.0 Å². The number of nitriles is 2. The average Bonchev–Trinajstić information content (AvgIpc) is 2.78. The minimum Gasteiger partial charge on any atom is -0.490 e. The molecule has 0 N–H and O–H groups in total. The second-order valence-electron chi connectivity index (χ2n) is 6.50. The van der Waals surface area contributed by atoms with Gasteiger partial charge < -0.3 is 19.3 Å². The van der Waals surface area contributed by atoms with Crippen molar-refractivity contribution in [3.63, 3.8) is 0 Å². The molecule has 1 fully saturated rings. The van der Waals surface area contributed by atoms with Gasteiger partial charge in [-0.1, -0.05) is 0 Å². The van der Waals surface area contributed by atoms with Crippen LogP contribution in [0.3, 0.4) is 0 Å². The van der Waals surface area contributed by atoms with E-state index in [0.717, 1.165) is 5.82 Å². The van der Waals surface area contributed by atoms with Crippen LogP contribution >= 0.6 is 15.9 Å². The van der Waals surface area contributed by atoms with E-state index in [2.05, 4.69) is 38.0 Å². The highest BCUT2D eigenvalue weighted by Crippen LogP contribution is 2.36. The van der Waals surface area contributed by atoms with E-state index >= 15 is 0 Å². The number of aromatic nitrogens is 1. The maximum atomic E-state index is 12.6. The molecule has 8 nitrogen and oxygen atoms in total. The number of halogens is 1. The maximum absolute atomic E-state index is 12.6. The first-order chi connectivity index (χ1) is 14.5. The minimum atomic E-state index is -0.132. The number of piperazine rings is 1. The van der Waals surface area contributed by atoms with Crippen LogP contribution in [0.2, 0.25) is 0 Å². The van der Waals surface area contributed by atoms with Crippen molar-refractivity contribution in [3.8, 4) is 23.6 Å². The second kappa shape index (κ2) is 9.95. The molecular weight excluding hydrogens is 450 g/mol. The fraction of sp³-hybridized carbons (Fsp3) is 0.333. The number of anilines is 1. The van der Waals surface area contributed by atoms with E-state index in [0.29, 0.717) is 59.9 Å². The number of carbonyl (C=O) groups excluding carboxylic acids is 1. The van der Waals surface area contributed by atoms with Crippen LogP contribution in [0.4, 0.5) is 5.82 Å². The van der Waals surface area contributed by atoms with Crippen LogP contribution in [0.1, 0.15) is 18.1 Å². The molecule has 1 saturated heterocycles. The summed E-state index contributed by atoms with van der Waals surface area (Å²) in [6, 6.07) is 10.8. The molecule has 1 aliphatic rings. The first-order valence-electron chi connectivity index (χ1n) is 9.43. The molecular formula is C21H20BrN5O3. The van der Waals surface area contributed by atoms with E-state index in [1.807, 2.05) is 6.92 Å². The van der Waals surface area contributed by atoms with Gasteiger partial charge in [0.2, 0.25) is 0 Å². The Labute approximate surface area is 183 Å². The van der Waals surface area contributed by atoms with Crippen LogP contribution in [0.15, 0.2) is 34.9 Å². The number of hydrogen-bond acceptors (Lipinski definition) is 7.